The molecule has 2 N–H and O–H groups in total. The molecule has 0 amide bonds. The maximum absolute atomic E-state index is 13.4. The molecule has 4 saturated heterocycles. The maximum Gasteiger partial charge on any atom is 0.294 e. The molecule has 0 spiro atoms. The van der Waals surface area contributed by atoms with Crippen molar-refractivity contribution in [1.29, 1.82) is 0 Å². The first-order chi connectivity index (χ1) is 24.6. The van der Waals surface area contributed by atoms with Gasteiger partial charge in [-0.25, -0.2) is 0 Å². The van der Waals surface area contributed by atoms with Gasteiger partial charge in [-0.3, -0.25) is 13.9 Å². The number of carbonyl (C=O) groups is 1. The third-order valence-corrected chi connectivity index (χ3v) is 12.9. The molecule has 4 aromatic rings. The summed E-state index contributed by atoms with van der Waals surface area (Å²) in [7, 11) is -3.60. The van der Waals surface area contributed by atoms with Crippen molar-refractivity contribution >= 4 is 37.4 Å². The lowest BCUT2D eigenvalue weighted by Crippen LogP contribution is -2.52. The predicted octanol–water partition coefficient (Wildman–Crippen LogP) is 4.88. The molecular weight excluding hydrogens is 701 g/mol. The molecule has 52 heavy (non-hydrogen) atoms. The summed E-state index contributed by atoms with van der Waals surface area (Å²) in [4.78, 5) is 23.1. The van der Waals surface area contributed by atoms with Gasteiger partial charge in [0, 0.05) is 85.7 Å². The van der Waals surface area contributed by atoms with Crippen LogP contribution in [0.25, 0.3) is 11.1 Å². The van der Waals surface area contributed by atoms with E-state index in [0.29, 0.717) is 12.1 Å². The highest BCUT2D eigenvalue weighted by Crippen LogP contribution is 2.43. The van der Waals surface area contributed by atoms with Crippen LogP contribution in [-0.2, 0) is 20.2 Å². The summed E-state index contributed by atoms with van der Waals surface area (Å²) in [5, 5.41) is 0. The molecule has 0 aromatic heterocycles. The molecule has 9 rings (SSSR count). The van der Waals surface area contributed by atoms with Gasteiger partial charge in [-0.2, -0.15) is 16.8 Å². The van der Waals surface area contributed by atoms with E-state index < -0.39 is 20.2 Å². The van der Waals surface area contributed by atoms with Crippen molar-refractivity contribution in [1.82, 2.24) is 9.80 Å². The Kier molecular flexibility index (Phi) is 9.55. The van der Waals surface area contributed by atoms with Gasteiger partial charge in [-0.15, -0.1) is 0 Å². The van der Waals surface area contributed by atoms with Gasteiger partial charge in [-0.1, -0.05) is 47.5 Å². The second kappa shape index (κ2) is 13.7. The quantitative estimate of drug-likeness (QED) is 0.244. The van der Waals surface area contributed by atoms with E-state index in [2.05, 4.69) is 70.1 Å². The summed E-state index contributed by atoms with van der Waals surface area (Å²) in [5.41, 5.74) is 8.29. The van der Waals surface area contributed by atoms with Crippen LogP contribution in [-0.4, -0.2) is 107 Å². The van der Waals surface area contributed by atoms with Crippen molar-refractivity contribution in [3.05, 3.63) is 107 Å². The fourth-order valence-electron chi connectivity index (χ4n) is 8.09. The predicted molar refractivity (Wildman–Crippen MR) is 202 cm³/mol. The number of nitrogens with zero attached hydrogens (tertiary/aromatic N) is 4. The Morgan fingerprint density at radius 2 is 0.885 bits per heavy atom. The molecule has 0 saturated carbocycles. The molecule has 4 fully saturated rings. The van der Waals surface area contributed by atoms with Crippen LogP contribution in [0.2, 0.25) is 0 Å². The first-order valence-electron chi connectivity index (χ1n) is 17.4. The van der Waals surface area contributed by atoms with Crippen LogP contribution >= 0.6 is 0 Å². The Bertz CT molecular complexity index is 2070. The summed E-state index contributed by atoms with van der Waals surface area (Å²) < 4.78 is 59.1. The molecular formula is C39H44N4O7S2. The molecule has 5 aliphatic rings. The van der Waals surface area contributed by atoms with E-state index in [1.165, 1.54) is 48.7 Å². The number of aryl methyl sites for hydroxylation is 2. The standard InChI is InChI=1S/C25H28N4O.2C7H8O3S/c1-26-9-15-11-28(13-23(15)26)17-3-5-19-20-6-4-18(8-22(20)25(30)21(19)7-17)29-12-16-10-27(2)24(16)14-29;2*1-6-2-4-7(5-3-6)11(8,9)10/h3-8,15-16,23-24H,9-14H2,1-2H3;2*2-5H,1H3,(H,8,9,10)/t15-,16-,23+,24+;;/m0../s1. The molecule has 4 heterocycles. The second-order valence-electron chi connectivity index (χ2n) is 14.7. The van der Waals surface area contributed by atoms with Gasteiger partial charge in [-0.05, 0) is 87.6 Å². The number of likely N-dealkylation sites (N-methyl/N-ethyl adjacent to an activating group) is 2. The van der Waals surface area contributed by atoms with Gasteiger partial charge in [0.15, 0.2) is 5.78 Å². The van der Waals surface area contributed by atoms with E-state index in [1.807, 2.05) is 13.8 Å². The minimum atomic E-state index is -4.02. The Balaban J connectivity index is 0.000000158. The van der Waals surface area contributed by atoms with Gasteiger partial charge in [0.1, 0.15) is 0 Å². The van der Waals surface area contributed by atoms with Crippen LogP contribution in [0.15, 0.2) is 94.7 Å². The summed E-state index contributed by atoms with van der Waals surface area (Å²) in [6.07, 6.45) is 0. The number of carbonyl (C=O) groups excluding carboxylic acids is 1. The van der Waals surface area contributed by atoms with Crippen molar-refractivity contribution in [2.45, 2.75) is 35.7 Å². The van der Waals surface area contributed by atoms with Crippen molar-refractivity contribution in [2.24, 2.45) is 11.8 Å². The summed E-state index contributed by atoms with van der Waals surface area (Å²) in [6.45, 7) is 10.5. The zero-order chi connectivity index (χ0) is 37.1. The van der Waals surface area contributed by atoms with Gasteiger partial charge in [0.25, 0.3) is 20.2 Å². The van der Waals surface area contributed by atoms with Gasteiger partial charge >= 0.3 is 0 Å². The first-order valence-corrected chi connectivity index (χ1v) is 20.3. The van der Waals surface area contributed by atoms with Crippen molar-refractivity contribution < 1.29 is 30.7 Å². The molecule has 13 heteroatoms. The molecule has 1 aliphatic carbocycles. The number of hydrogen-bond donors (Lipinski definition) is 2. The number of ketones is 1. The lowest BCUT2D eigenvalue weighted by atomic mass is 9.93. The van der Waals surface area contributed by atoms with E-state index in [9.17, 15) is 21.6 Å². The maximum atomic E-state index is 13.4. The zero-order valence-corrected chi connectivity index (χ0v) is 31.3. The van der Waals surface area contributed by atoms with Crippen LogP contribution in [0.3, 0.4) is 0 Å². The van der Waals surface area contributed by atoms with Crippen molar-refractivity contribution in [2.75, 3.05) is 63.2 Å². The lowest BCUT2D eigenvalue weighted by molar-refractivity contribution is 0.0827. The number of rotatable bonds is 4. The number of fused-ring (bicyclic) bond motifs is 5. The van der Waals surface area contributed by atoms with Crippen LogP contribution in [0.1, 0.15) is 27.0 Å². The Hall–Kier alpha value is -4.11. The molecule has 4 aliphatic heterocycles. The lowest BCUT2D eigenvalue weighted by Gasteiger charge is -2.40. The first kappa shape index (κ1) is 36.3. The third-order valence-electron chi connectivity index (χ3n) is 11.1. The highest BCUT2D eigenvalue weighted by Gasteiger charge is 2.45. The largest absolute Gasteiger partial charge is 0.370 e. The van der Waals surface area contributed by atoms with E-state index in [0.717, 1.165) is 71.4 Å². The molecule has 0 radical (unpaired) electrons. The average molecular weight is 745 g/mol. The molecule has 4 aromatic carbocycles. The van der Waals surface area contributed by atoms with E-state index in [1.54, 1.807) is 24.3 Å². The zero-order valence-electron chi connectivity index (χ0n) is 29.7. The van der Waals surface area contributed by atoms with Crippen LogP contribution in [0.4, 0.5) is 11.4 Å². The van der Waals surface area contributed by atoms with Crippen molar-refractivity contribution in [3.8, 4) is 11.1 Å². The van der Waals surface area contributed by atoms with Crippen LogP contribution in [0.5, 0.6) is 0 Å². The molecule has 0 bridgehead atoms. The monoisotopic (exact) mass is 744 g/mol. The number of anilines is 2. The Morgan fingerprint density at radius 1 is 0.519 bits per heavy atom. The minimum Gasteiger partial charge on any atom is -0.370 e. The summed E-state index contributed by atoms with van der Waals surface area (Å²) in [5.74, 6) is 1.77. The second-order valence-corrected chi connectivity index (χ2v) is 17.6. The topological polar surface area (TPSA) is 139 Å². The van der Waals surface area contributed by atoms with Crippen molar-refractivity contribution in [3.63, 3.8) is 0 Å². The van der Waals surface area contributed by atoms with Gasteiger partial charge in [0.05, 0.1) is 9.79 Å². The van der Waals surface area contributed by atoms with Gasteiger partial charge < -0.3 is 19.6 Å². The molecule has 0 unspecified atom stereocenters. The Labute approximate surface area is 306 Å². The molecule has 274 valence electrons. The fraction of sp³-hybridized carbons (Fsp3) is 0.359. The van der Waals surface area contributed by atoms with E-state index in [-0.39, 0.29) is 15.6 Å². The highest BCUT2D eigenvalue weighted by molar-refractivity contribution is 7.86. The summed E-state index contributed by atoms with van der Waals surface area (Å²) in [6, 6.07) is 26.4. The SMILES string of the molecule is CN1C[C@H]2CN(c3ccc4c(c3)C(=O)c3cc(N5C[C@@H]6CN(C)[C@@H]6C5)ccc3-4)C[C@H]21.Cc1ccc(S(=O)(=O)O)cc1.Cc1ccc(S(=O)(=O)O)cc1. The van der Waals surface area contributed by atoms with Crippen LogP contribution < -0.4 is 9.80 Å². The average Bonchev–Trinajstić information content (AvgIpc) is 3.73. The minimum absolute atomic E-state index is 0.0666. The number of likely N-dealkylation sites (tertiary alicyclic amines) is 2. The van der Waals surface area contributed by atoms with Gasteiger partial charge in [0.2, 0.25) is 0 Å². The van der Waals surface area contributed by atoms with E-state index in [4.69, 9.17) is 9.11 Å². The third kappa shape index (κ3) is 7.13. The number of hydrogen-bond acceptors (Lipinski definition) is 9. The normalized spacial score (nSPS) is 23.2. The summed E-state index contributed by atoms with van der Waals surface area (Å²) >= 11 is 0. The van der Waals surface area contributed by atoms with E-state index >= 15 is 0 Å². The number of benzene rings is 4. The molecule has 4 atom stereocenters. The van der Waals surface area contributed by atoms with Crippen LogP contribution in [0, 0.1) is 25.7 Å². The molecule has 11 nitrogen and oxygen atoms in total. The Morgan fingerprint density at radius 3 is 1.19 bits per heavy atom. The smallest absolute Gasteiger partial charge is 0.294 e. The highest BCUT2D eigenvalue weighted by atomic mass is 32.2. The fourth-order valence-corrected chi connectivity index (χ4v) is 9.05.